The highest BCUT2D eigenvalue weighted by molar-refractivity contribution is 5.89. The lowest BCUT2D eigenvalue weighted by Gasteiger charge is -2.11. The molecule has 0 fully saturated rings. The number of phenols is 2. The maximum atomic E-state index is 11.8. The normalized spacial score (nSPS) is 10.8. The van der Waals surface area contributed by atoms with Gasteiger partial charge in [0.25, 0.3) is 0 Å². The van der Waals surface area contributed by atoms with Crippen LogP contribution in [0.5, 0.6) is 11.5 Å². The van der Waals surface area contributed by atoms with Gasteiger partial charge in [-0.15, -0.1) is 0 Å². The minimum Gasteiger partial charge on any atom is -0.507 e. The molecule has 0 spiro atoms. The van der Waals surface area contributed by atoms with Crippen LogP contribution in [0.4, 0.5) is 0 Å². The predicted molar refractivity (Wildman–Crippen MR) is 129 cm³/mol. The summed E-state index contributed by atoms with van der Waals surface area (Å²) in [5, 5.41) is 21.1. The number of esters is 1. The Morgan fingerprint density at radius 1 is 0.824 bits per heavy atom. The summed E-state index contributed by atoms with van der Waals surface area (Å²) in [5.74, 6) is 0.560. The second kappa shape index (κ2) is 10.1. The van der Waals surface area contributed by atoms with E-state index in [-0.39, 0.29) is 23.1 Å². The Bertz CT molecular complexity index is 1320. The van der Waals surface area contributed by atoms with Gasteiger partial charge in [-0.2, -0.15) is 0 Å². The molecule has 0 bridgehead atoms. The van der Waals surface area contributed by atoms with Crippen LogP contribution >= 0.6 is 0 Å². The molecule has 0 aliphatic rings. The number of aromatic hydroxyl groups is 2. The molecule has 0 saturated heterocycles. The Balaban J connectivity index is 1.83. The van der Waals surface area contributed by atoms with E-state index in [0.29, 0.717) is 28.1 Å². The van der Waals surface area contributed by atoms with Gasteiger partial charge in [0.1, 0.15) is 11.5 Å². The number of aromatic nitrogens is 3. The Morgan fingerprint density at radius 2 is 1.47 bits per heavy atom. The first-order valence-corrected chi connectivity index (χ1v) is 11.1. The fourth-order valence-corrected chi connectivity index (χ4v) is 3.58. The molecule has 0 amide bonds. The van der Waals surface area contributed by atoms with Gasteiger partial charge in [-0.05, 0) is 54.8 Å². The van der Waals surface area contributed by atoms with E-state index >= 15 is 0 Å². The van der Waals surface area contributed by atoms with Crippen LogP contribution in [0.25, 0.3) is 34.2 Å². The molecule has 0 saturated carbocycles. The molecule has 4 rings (SSSR count). The molecule has 1 heterocycles. The monoisotopic (exact) mass is 455 g/mol. The fraction of sp³-hybridized carbons (Fsp3) is 0.185. The first kappa shape index (κ1) is 22.9. The van der Waals surface area contributed by atoms with Crippen LogP contribution in [-0.4, -0.2) is 38.2 Å². The zero-order valence-corrected chi connectivity index (χ0v) is 19.0. The standard InChI is InChI=1S/C27H25N3O4/c1-3-4-7-17-10-15-21(23(32)16-17)26-29-24(18-11-13-19(14-12-18)27(33)34-2)28-25(30-26)20-8-5-6-9-22(20)31/h5-6,8-16,31-32H,3-4,7H2,1-2H3. The highest BCUT2D eigenvalue weighted by atomic mass is 16.5. The number of para-hydroxylation sites is 1. The van der Waals surface area contributed by atoms with Gasteiger partial charge in [0.15, 0.2) is 17.5 Å². The van der Waals surface area contributed by atoms with E-state index < -0.39 is 5.97 Å². The minimum absolute atomic E-state index is 0.0331. The number of phenolic OH excluding ortho intramolecular Hbond substituents is 2. The van der Waals surface area contributed by atoms with Gasteiger partial charge < -0.3 is 14.9 Å². The fourth-order valence-electron chi connectivity index (χ4n) is 3.58. The maximum Gasteiger partial charge on any atom is 0.337 e. The third-order valence-electron chi connectivity index (χ3n) is 5.47. The summed E-state index contributed by atoms with van der Waals surface area (Å²) < 4.78 is 4.76. The maximum absolute atomic E-state index is 11.8. The van der Waals surface area contributed by atoms with Crippen LogP contribution in [-0.2, 0) is 11.2 Å². The molecule has 172 valence electrons. The molecule has 2 N–H and O–H groups in total. The number of rotatable bonds is 7. The molecular weight excluding hydrogens is 430 g/mol. The number of nitrogens with zero attached hydrogens (tertiary/aromatic N) is 3. The highest BCUT2D eigenvalue weighted by Crippen LogP contribution is 2.33. The lowest BCUT2D eigenvalue weighted by atomic mass is 10.0. The minimum atomic E-state index is -0.439. The van der Waals surface area contributed by atoms with Crippen molar-refractivity contribution >= 4 is 5.97 Å². The summed E-state index contributed by atoms with van der Waals surface area (Å²) in [7, 11) is 1.33. The average molecular weight is 456 g/mol. The van der Waals surface area contributed by atoms with Crippen molar-refractivity contribution in [3.8, 4) is 45.7 Å². The van der Waals surface area contributed by atoms with Gasteiger partial charge >= 0.3 is 5.97 Å². The van der Waals surface area contributed by atoms with E-state index in [1.54, 1.807) is 60.7 Å². The quantitative estimate of drug-likeness (QED) is 0.359. The van der Waals surface area contributed by atoms with Crippen LogP contribution in [0.15, 0.2) is 66.7 Å². The summed E-state index contributed by atoms with van der Waals surface area (Å²) in [6.45, 7) is 2.12. The molecule has 0 aliphatic carbocycles. The second-order valence-electron chi connectivity index (χ2n) is 7.85. The van der Waals surface area contributed by atoms with Crippen LogP contribution in [0, 0.1) is 0 Å². The van der Waals surface area contributed by atoms with Crippen molar-refractivity contribution in [3.63, 3.8) is 0 Å². The molecule has 34 heavy (non-hydrogen) atoms. The molecular formula is C27H25N3O4. The number of hydrogen-bond acceptors (Lipinski definition) is 7. The van der Waals surface area contributed by atoms with E-state index in [9.17, 15) is 15.0 Å². The zero-order chi connectivity index (χ0) is 24.1. The molecule has 0 radical (unpaired) electrons. The number of methoxy groups -OCH3 is 1. The van der Waals surface area contributed by atoms with Crippen molar-refractivity contribution in [1.82, 2.24) is 15.0 Å². The van der Waals surface area contributed by atoms with Gasteiger partial charge in [-0.25, -0.2) is 19.7 Å². The molecule has 7 nitrogen and oxygen atoms in total. The summed E-state index contributed by atoms with van der Waals surface area (Å²) >= 11 is 0. The number of benzene rings is 3. The van der Waals surface area contributed by atoms with E-state index in [1.165, 1.54) is 7.11 Å². The Hall–Kier alpha value is -4.26. The molecule has 1 aromatic heterocycles. The van der Waals surface area contributed by atoms with Crippen molar-refractivity contribution in [2.75, 3.05) is 7.11 Å². The van der Waals surface area contributed by atoms with Gasteiger partial charge in [0, 0.05) is 5.56 Å². The third-order valence-corrected chi connectivity index (χ3v) is 5.47. The number of aryl methyl sites for hydroxylation is 1. The van der Waals surface area contributed by atoms with Crippen molar-refractivity contribution in [3.05, 3.63) is 77.9 Å². The molecule has 3 aromatic carbocycles. The molecule has 7 heteroatoms. The number of ether oxygens (including phenoxy) is 1. The number of carbonyl (C=O) groups is 1. The molecule has 0 unspecified atom stereocenters. The van der Waals surface area contributed by atoms with Crippen molar-refractivity contribution < 1.29 is 19.7 Å². The number of unbranched alkanes of at least 4 members (excludes halogenated alkanes) is 1. The van der Waals surface area contributed by atoms with E-state index in [4.69, 9.17) is 4.74 Å². The summed E-state index contributed by atoms with van der Waals surface area (Å²) in [6.07, 6.45) is 2.98. The van der Waals surface area contributed by atoms with Crippen LogP contribution in [0.1, 0.15) is 35.7 Å². The third kappa shape index (κ3) is 4.88. The second-order valence-corrected chi connectivity index (χ2v) is 7.85. The number of carbonyl (C=O) groups excluding carboxylic acids is 1. The predicted octanol–water partition coefficient (Wildman–Crippen LogP) is 5.41. The van der Waals surface area contributed by atoms with Gasteiger partial charge in [0.05, 0.1) is 23.8 Å². The molecule has 4 aromatic rings. The van der Waals surface area contributed by atoms with E-state index in [2.05, 4.69) is 21.9 Å². The summed E-state index contributed by atoms with van der Waals surface area (Å²) in [6, 6.07) is 19.0. The van der Waals surface area contributed by atoms with Gasteiger partial charge in [-0.3, -0.25) is 0 Å². The Labute approximate surface area is 197 Å². The highest BCUT2D eigenvalue weighted by Gasteiger charge is 2.17. The van der Waals surface area contributed by atoms with Crippen LogP contribution in [0.3, 0.4) is 0 Å². The summed E-state index contributed by atoms with van der Waals surface area (Å²) in [4.78, 5) is 25.5. The molecule has 0 aliphatic heterocycles. The Kier molecular flexibility index (Phi) is 6.82. The van der Waals surface area contributed by atoms with Crippen molar-refractivity contribution in [1.29, 1.82) is 0 Å². The van der Waals surface area contributed by atoms with Gasteiger partial charge in [-0.1, -0.05) is 43.7 Å². The Morgan fingerprint density at radius 3 is 2.09 bits per heavy atom. The first-order valence-electron chi connectivity index (χ1n) is 11.1. The van der Waals surface area contributed by atoms with E-state index in [0.717, 1.165) is 24.8 Å². The SMILES string of the molecule is CCCCc1ccc(-c2nc(-c3ccc(C(=O)OC)cc3)nc(-c3ccccc3O)n2)c(O)c1. The van der Waals surface area contributed by atoms with Crippen LogP contribution in [0.2, 0.25) is 0 Å². The van der Waals surface area contributed by atoms with Gasteiger partial charge in [0.2, 0.25) is 0 Å². The van der Waals surface area contributed by atoms with Crippen molar-refractivity contribution in [2.45, 2.75) is 26.2 Å². The van der Waals surface area contributed by atoms with Crippen LogP contribution < -0.4 is 0 Å². The average Bonchev–Trinajstić information content (AvgIpc) is 2.87. The lowest BCUT2D eigenvalue weighted by Crippen LogP contribution is -2.02. The number of hydrogen-bond donors (Lipinski definition) is 2. The smallest absolute Gasteiger partial charge is 0.337 e. The zero-order valence-electron chi connectivity index (χ0n) is 19.0. The van der Waals surface area contributed by atoms with E-state index in [1.807, 2.05) is 6.07 Å². The topological polar surface area (TPSA) is 105 Å². The summed E-state index contributed by atoms with van der Waals surface area (Å²) in [5.41, 5.74) is 3.00. The molecule has 0 atom stereocenters. The van der Waals surface area contributed by atoms with Crippen molar-refractivity contribution in [2.24, 2.45) is 0 Å². The largest absolute Gasteiger partial charge is 0.507 e. The first-order chi connectivity index (χ1) is 16.5. The lowest BCUT2D eigenvalue weighted by molar-refractivity contribution is 0.0600.